The van der Waals surface area contributed by atoms with Gasteiger partial charge in [-0.05, 0) is 6.92 Å². The van der Waals surface area contributed by atoms with E-state index in [2.05, 4.69) is 10.2 Å². The average Bonchev–Trinajstić information content (AvgIpc) is 2.80. The molecule has 1 unspecified atom stereocenters. The van der Waals surface area contributed by atoms with Gasteiger partial charge in [0.1, 0.15) is 5.82 Å². The van der Waals surface area contributed by atoms with Crippen LogP contribution in [0.25, 0.3) is 0 Å². The van der Waals surface area contributed by atoms with E-state index in [9.17, 15) is 21.6 Å². The molecule has 2 N–H and O–H groups in total. The van der Waals surface area contributed by atoms with Crippen molar-refractivity contribution in [3.8, 4) is 0 Å². The molecular formula is C9H14F3N5O2S. The van der Waals surface area contributed by atoms with Crippen LogP contribution in [0.4, 0.5) is 13.2 Å². The fourth-order valence-electron chi connectivity index (χ4n) is 1.94. The summed E-state index contributed by atoms with van der Waals surface area (Å²) in [4.78, 5) is 0. The van der Waals surface area contributed by atoms with Crippen LogP contribution in [0.15, 0.2) is 0 Å². The smallest absolute Gasteiger partial charge is 0.329 e. The SMILES string of the molecule is CC(CN)S(=O)(=O)N1CCn2c(nnc2C(F)(F)F)C1. The molecule has 114 valence electrons. The largest absolute Gasteiger partial charge is 0.451 e. The first-order valence-corrected chi connectivity index (χ1v) is 7.36. The number of fused-ring (bicyclic) bond motifs is 1. The Hall–Kier alpha value is -1.20. The van der Waals surface area contributed by atoms with Crippen molar-refractivity contribution in [1.82, 2.24) is 19.1 Å². The number of sulfonamides is 1. The highest BCUT2D eigenvalue weighted by molar-refractivity contribution is 7.89. The summed E-state index contributed by atoms with van der Waals surface area (Å²) >= 11 is 0. The van der Waals surface area contributed by atoms with E-state index >= 15 is 0 Å². The lowest BCUT2D eigenvalue weighted by Gasteiger charge is -2.29. The monoisotopic (exact) mass is 313 g/mol. The molecule has 1 aliphatic rings. The van der Waals surface area contributed by atoms with Gasteiger partial charge in [0.05, 0.1) is 11.8 Å². The highest BCUT2D eigenvalue weighted by atomic mass is 32.2. The second-order valence-electron chi connectivity index (χ2n) is 4.51. The van der Waals surface area contributed by atoms with Crippen molar-refractivity contribution in [2.75, 3.05) is 13.1 Å². The van der Waals surface area contributed by atoms with E-state index in [1.54, 1.807) is 0 Å². The molecule has 0 amide bonds. The molecule has 0 aliphatic carbocycles. The molecule has 1 aromatic heterocycles. The summed E-state index contributed by atoms with van der Waals surface area (Å²) in [6.45, 7) is 0.985. The predicted octanol–water partition coefficient (Wildman–Crippen LogP) is -0.210. The van der Waals surface area contributed by atoms with Crippen LogP contribution < -0.4 is 5.73 Å². The molecule has 0 bridgehead atoms. The minimum Gasteiger partial charge on any atom is -0.329 e. The normalized spacial score (nSPS) is 18.9. The van der Waals surface area contributed by atoms with E-state index in [1.807, 2.05) is 0 Å². The third-order valence-electron chi connectivity index (χ3n) is 3.17. The first kappa shape index (κ1) is 15.2. The summed E-state index contributed by atoms with van der Waals surface area (Å²) < 4.78 is 64.1. The summed E-state index contributed by atoms with van der Waals surface area (Å²) in [5, 5.41) is 5.73. The van der Waals surface area contributed by atoms with Gasteiger partial charge >= 0.3 is 6.18 Å². The second-order valence-corrected chi connectivity index (χ2v) is 6.87. The van der Waals surface area contributed by atoms with Gasteiger partial charge in [-0.2, -0.15) is 17.5 Å². The lowest BCUT2D eigenvalue weighted by atomic mass is 10.4. The number of nitrogens with two attached hydrogens (primary N) is 1. The van der Waals surface area contributed by atoms with Crippen LogP contribution >= 0.6 is 0 Å². The van der Waals surface area contributed by atoms with Crippen LogP contribution in [0.1, 0.15) is 18.6 Å². The Morgan fingerprint density at radius 2 is 2.00 bits per heavy atom. The Balaban J connectivity index is 2.28. The van der Waals surface area contributed by atoms with E-state index < -0.39 is 27.3 Å². The number of hydrogen-bond acceptors (Lipinski definition) is 5. The Kier molecular flexibility index (Phi) is 3.77. The highest BCUT2D eigenvalue weighted by Crippen LogP contribution is 2.30. The van der Waals surface area contributed by atoms with Crippen molar-refractivity contribution in [1.29, 1.82) is 0 Å². The summed E-state index contributed by atoms with van der Waals surface area (Å²) in [5.74, 6) is -1.12. The molecule has 7 nitrogen and oxygen atoms in total. The molecule has 0 aromatic carbocycles. The first-order chi connectivity index (χ1) is 9.17. The standard InChI is InChI=1S/C9H14F3N5O2S/c1-6(4-13)20(18,19)16-2-3-17-7(5-16)14-15-8(17)9(10,11)12/h6H,2-5,13H2,1H3. The van der Waals surface area contributed by atoms with Crippen LogP contribution in [-0.4, -0.2) is 45.8 Å². The molecule has 1 aromatic rings. The van der Waals surface area contributed by atoms with Crippen molar-refractivity contribution < 1.29 is 21.6 Å². The van der Waals surface area contributed by atoms with Crippen molar-refractivity contribution in [3.63, 3.8) is 0 Å². The predicted molar refractivity (Wildman–Crippen MR) is 62.9 cm³/mol. The average molecular weight is 313 g/mol. The lowest BCUT2D eigenvalue weighted by molar-refractivity contribution is -0.147. The van der Waals surface area contributed by atoms with Crippen LogP contribution in [0.3, 0.4) is 0 Å². The summed E-state index contributed by atoms with van der Waals surface area (Å²) in [6, 6.07) is 0. The van der Waals surface area contributed by atoms with Gasteiger partial charge in [-0.1, -0.05) is 0 Å². The third-order valence-corrected chi connectivity index (χ3v) is 5.41. The second kappa shape index (κ2) is 4.97. The number of halogens is 3. The van der Waals surface area contributed by atoms with Gasteiger partial charge < -0.3 is 10.3 Å². The Morgan fingerprint density at radius 1 is 1.35 bits per heavy atom. The van der Waals surface area contributed by atoms with Gasteiger partial charge in [-0.25, -0.2) is 8.42 Å². The zero-order chi connectivity index (χ0) is 15.1. The van der Waals surface area contributed by atoms with E-state index in [4.69, 9.17) is 5.73 Å². The molecule has 0 spiro atoms. The topological polar surface area (TPSA) is 94.1 Å². The third kappa shape index (κ3) is 2.52. The fourth-order valence-corrected chi connectivity index (χ4v) is 3.32. The van der Waals surface area contributed by atoms with Crippen LogP contribution in [0, 0.1) is 0 Å². The van der Waals surface area contributed by atoms with Crippen molar-refractivity contribution >= 4 is 10.0 Å². The fraction of sp³-hybridized carbons (Fsp3) is 0.778. The van der Waals surface area contributed by atoms with Crippen LogP contribution in [-0.2, 0) is 29.3 Å². The van der Waals surface area contributed by atoms with Crippen molar-refractivity contribution in [3.05, 3.63) is 11.6 Å². The van der Waals surface area contributed by atoms with Crippen LogP contribution in [0.2, 0.25) is 0 Å². The molecule has 1 atom stereocenters. The summed E-state index contributed by atoms with van der Waals surface area (Å²) in [6.07, 6.45) is -4.60. The van der Waals surface area contributed by atoms with Crippen molar-refractivity contribution in [2.24, 2.45) is 5.73 Å². The van der Waals surface area contributed by atoms with Gasteiger partial charge in [0, 0.05) is 19.6 Å². The first-order valence-electron chi connectivity index (χ1n) is 5.86. The molecule has 0 saturated heterocycles. The Morgan fingerprint density at radius 3 is 2.55 bits per heavy atom. The molecule has 2 rings (SSSR count). The maximum absolute atomic E-state index is 12.7. The molecule has 0 fully saturated rings. The molecule has 11 heteroatoms. The molecule has 20 heavy (non-hydrogen) atoms. The van der Waals surface area contributed by atoms with E-state index in [0.717, 1.165) is 8.87 Å². The summed E-state index contributed by atoms with van der Waals surface area (Å²) in [7, 11) is -3.64. The lowest BCUT2D eigenvalue weighted by Crippen LogP contribution is -2.45. The van der Waals surface area contributed by atoms with Gasteiger partial charge in [-0.3, -0.25) is 0 Å². The van der Waals surface area contributed by atoms with Gasteiger partial charge in [0.25, 0.3) is 0 Å². The molecule has 1 aliphatic heterocycles. The van der Waals surface area contributed by atoms with E-state index in [1.165, 1.54) is 6.92 Å². The van der Waals surface area contributed by atoms with E-state index in [0.29, 0.717) is 0 Å². The number of nitrogens with zero attached hydrogens (tertiary/aromatic N) is 4. The maximum Gasteiger partial charge on any atom is 0.451 e. The minimum absolute atomic E-state index is 0.0172. The maximum atomic E-state index is 12.7. The van der Waals surface area contributed by atoms with Gasteiger partial charge in [-0.15, -0.1) is 10.2 Å². The number of aromatic nitrogens is 3. The molecule has 0 saturated carbocycles. The number of alkyl halides is 3. The number of hydrogen-bond donors (Lipinski definition) is 1. The molecule has 0 radical (unpaired) electrons. The quantitative estimate of drug-likeness (QED) is 0.833. The Bertz CT molecular complexity index is 597. The van der Waals surface area contributed by atoms with E-state index in [-0.39, 0.29) is 32.0 Å². The zero-order valence-electron chi connectivity index (χ0n) is 10.6. The van der Waals surface area contributed by atoms with Gasteiger partial charge in [0.15, 0.2) is 0 Å². The van der Waals surface area contributed by atoms with Gasteiger partial charge in [0.2, 0.25) is 15.8 Å². The number of rotatable bonds is 3. The molecule has 2 heterocycles. The van der Waals surface area contributed by atoms with Crippen LogP contribution in [0.5, 0.6) is 0 Å². The highest BCUT2D eigenvalue weighted by Gasteiger charge is 2.41. The minimum atomic E-state index is -4.60. The zero-order valence-corrected chi connectivity index (χ0v) is 11.4. The van der Waals surface area contributed by atoms with Crippen molar-refractivity contribution in [2.45, 2.75) is 31.4 Å². The summed E-state index contributed by atoms with van der Waals surface area (Å²) in [5.41, 5.74) is 5.33. The molecular weight excluding hydrogens is 299 g/mol. The Labute approximate surface area is 113 Å².